The van der Waals surface area contributed by atoms with Crippen molar-refractivity contribution < 1.29 is 4.79 Å². The van der Waals surface area contributed by atoms with Crippen molar-refractivity contribution in [3.8, 4) is 0 Å². The Morgan fingerprint density at radius 2 is 1.82 bits per heavy atom. The van der Waals surface area contributed by atoms with Crippen molar-refractivity contribution in [1.29, 1.82) is 0 Å². The molecule has 3 nitrogen and oxygen atoms in total. The lowest BCUT2D eigenvalue weighted by Crippen LogP contribution is -2.37. The number of benzene rings is 1. The van der Waals surface area contributed by atoms with Crippen molar-refractivity contribution in [2.45, 2.75) is 32.6 Å². The van der Waals surface area contributed by atoms with Crippen LogP contribution in [0.5, 0.6) is 0 Å². The number of hydrogen-bond acceptors (Lipinski definition) is 2. The second kappa shape index (κ2) is 5.98. The fraction of sp³-hybridized carbons (Fsp3) is 0.462. The van der Waals surface area contributed by atoms with Gasteiger partial charge in [0.25, 0.3) is 0 Å². The van der Waals surface area contributed by atoms with Crippen LogP contribution in [0.3, 0.4) is 0 Å². The van der Waals surface area contributed by atoms with E-state index in [0.29, 0.717) is 13.0 Å². The van der Waals surface area contributed by atoms with Crippen LogP contribution in [-0.4, -0.2) is 20.5 Å². The van der Waals surface area contributed by atoms with Gasteiger partial charge in [-0.05, 0) is 5.56 Å². The maximum atomic E-state index is 10.6. The summed E-state index contributed by atoms with van der Waals surface area (Å²) in [5, 5.41) is 4.67. The highest BCUT2D eigenvalue weighted by Crippen LogP contribution is 2.04. The molecule has 94 valence electrons. The molecule has 0 saturated carbocycles. The number of amides is 1. The molecular formula is C13H22N2OSi. The summed E-state index contributed by atoms with van der Waals surface area (Å²) in [6, 6.07) is 8.75. The van der Waals surface area contributed by atoms with Gasteiger partial charge in [-0.1, -0.05) is 49.1 Å². The predicted molar refractivity (Wildman–Crippen MR) is 74.9 cm³/mol. The van der Waals surface area contributed by atoms with Crippen molar-refractivity contribution in [2.24, 2.45) is 5.73 Å². The number of nitrogens with one attached hydrogen (secondary N) is 1. The Labute approximate surface area is 104 Å². The molecule has 0 aliphatic rings. The number of nitrogens with two attached hydrogens (primary N) is 1. The van der Waals surface area contributed by atoms with Gasteiger partial charge >= 0.3 is 0 Å². The summed E-state index contributed by atoms with van der Waals surface area (Å²) in [7, 11) is -1.19. The number of carbonyl (C=O) groups is 1. The highest BCUT2D eigenvalue weighted by Gasteiger charge is 2.15. The summed E-state index contributed by atoms with van der Waals surface area (Å²) in [5.74, 6) is -0.258. The second-order valence-electron chi connectivity index (χ2n) is 5.34. The molecule has 0 atom stereocenters. The molecule has 1 aromatic rings. The first-order valence-electron chi connectivity index (χ1n) is 5.98. The fourth-order valence-corrected chi connectivity index (χ4v) is 2.73. The monoisotopic (exact) mass is 250 g/mol. The lowest BCUT2D eigenvalue weighted by Gasteiger charge is -2.16. The van der Waals surface area contributed by atoms with Gasteiger partial charge in [0.1, 0.15) is 0 Å². The first-order valence-corrected chi connectivity index (χ1v) is 9.48. The van der Waals surface area contributed by atoms with Crippen LogP contribution >= 0.6 is 0 Å². The van der Waals surface area contributed by atoms with Crippen molar-refractivity contribution in [3.05, 3.63) is 29.8 Å². The van der Waals surface area contributed by atoms with Crippen LogP contribution in [0.1, 0.15) is 12.0 Å². The zero-order valence-corrected chi connectivity index (χ0v) is 11.9. The highest BCUT2D eigenvalue weighted by molar-refractivity contribution is 6.88. The van der Waals surface area contributed by atoms with E-state index in [4.69, 9.17) is 5.73 Å². The Hall–Kier alpha value is -1.13. The largest absolute Gasteiger partial charge is 0.370 e. The summed E-state index contributed by atoms with van der Waals surface area (Å²) in [5.41, 5.74) is 6.31. The average molecular weight is 250 g/mol. The Balaban J connectivity index is 2.43. The molecule has 1 rings (SSSR count). The van der Waals surface area contributed by atoms with Gasteiger partial charge < -0.3 is 11.1 Å². The first-order chi connectivity index (χ1) is 7.89. The van der Waals surface area contributed by atoms with E-state index in [-0.39, 0.29) is 5.91 Å². The molecule has 0 aliphatic heterocycles. The van der Waals surface area contributed by atoms with E-state index in [2.05, 4.69) is 49.2 Å². The molecule has 1 amide bonds. The molecule has 0 fully saturated rings. The Morgan fingerprint density at radius 3 is 2.29 bits per heavy atom. The molecular weight excluding hydrogens is 228 g/mol. The predicted octanol–water partition coefficient (Wildman–Crippen LogP) is 1.20. The van der Waals surface area contributed by atoms with Crippen LogP contribution in [0, 0.1) is 0 Å². The lowest BCUT2D eigenvalue weighted by atomic mass is 10.2. The number of hydrogen-bond donors (Lipinski definition) is 2. The molecule has 0 spiro atoms. The third-order valence-corrected chi connectivity index (χ3v) is 4.76. The van der Waals surface area contributed by atoms with E-state index in [1.807, 2.05) is 0 Å². The van der Waals surface area contributed by atoms with Crippen molar-refractivity contribution in [1.82, 2.24) is 5.32 Å². The standard InChI is InChI=1S/C13H22N2OSi/c1-17(2,3)12-6-4-11(5-7-12)10-15-9-8-13(14)16/h4-7,15H,8-10H2,1-3H3,(H2,14,16). The van der Waals surface area contributed by atoms with E-state index in [1.165, 1.54) is 10.8 Å². The molecule has 0 aromatic heterocycles. The molecule has 3 N–H and O–H groups in total. The topological polar surface area (TPSA) is 55.1 Å². The molecule has 17 heavy (non-hydrogen) atoms. The Morgan fingerprint density at radius 1 is 1.24 bits per heavy atom. The third kappa shape index (κ3) is 5.15. The molecule has 1 aromatic carbocycles. The Bertz CT molecular complexity index is 368. The van der Waals surface area contributed by atoms with E-state index in [9.17, 15) is 4.79 Å². The summed E-state index contributed by atoms with van der Waals surface area (Å²) in [6.45, 7) is 8.46. The molecule has 0 bridgehead atoms. The van der Waals surface area contributed by atoms with Crippen LogP contribution in [0.15, 0.2) is 24.3 Å². The average Bonchev–Trinajstić information content (AvgIpc) is 2.23. The van der Waals surface area contributed by atoms with Gasteiger partial charge in [0.15, 0.2) is 0 Å². The minimum Gasteiger partial charge on any atom is -0.370 e. The smallest absolute Gasteiger partial charge is 0.218 e. The van der Waals surface area contributed by atoms with Crippen molar-refractivity contribution in [3.63, 3.8) is 0 Å². The molecule has 0 unspecified atom stereocenters. The molecule has 0 aliphatic carbocycles. The number of primary amides is 1. The van der Waals surface area contributed by atoms with Gasteiger partial charge in [-0.2, -0.15) is 0 Å². The fourth-order valence-electron chi connectivity index (χ4n) is 1.57. The van der Waals surface area contributed by atoms with Gasteiger partial charge in [-0.25, -0.2) is 0 Å². The Kier molecular flexibility index (Phi) is 4.90. The molecule has 0 radical (unpaired) electrons. The highest BCUT2D eigenvalue weighted by atomic mass is 28.3. The van der Waals surface area contributed by atoms with Crippen LogP contribution in [0.2, 0.25) is 19.6 Å². The van der Waals surface area contributed by atoms with Gasteiger partial charge in [-0.3, -0.25) is 4.79 Å². The minimum atomic E-state index is -1.19. The van der Waals surface area contributed by atoms with Crippen LogP contribution in [-0.2, 0) is 11.3 Å². The second-order valence-corrected chi connectivity index (χ2v) is 10.4. The van der Waals surface area contributed by atoms with Gasteiger partial charge in [0.2, 0.25) is 5.91 Å². The van der Waals surface area contributed by atoms with E-state index < -0.39 is 8.07 Å². The summed E-state index contributed by atoms with van der Waals surface area (Å²) >= 11 is 0. The van der Waals surface area contributed by atoms with Gasteiger partial charge in [0, 0.05) is 19.5 Å². The zero-order valence-electron chi connectivity index (χ0n) is 10.9. The summed E-state index contributed by atoms with van der Waals surface area (Å²) < 4.78 is 0. The maximum Gasteiger partial charge on any atom is 0.218 e. The quantitative estimate of drug-likeness (QED) is 0.589. The summed E-state index contributed by atoms with van der Waals surface area (Å²) in [6.07, 6.45) is 0.396. The maximum absolute atomic E-state index is 10.6. The third-order valence-electron chi connectivity index (χ3n) is 2.70. The molecule has 0 saturated heterocycles. The minimum absolute atomic E-state index is 0.258. The SMILES string of the molecule is C[Si](C)(C)c1ccc(CNCCC(N)=O)cc1. The van der Waals surface area contributed by atoms with Crippen molar-refractivity contribution >= 4 is 19.2 Å². The van der Waals surface area contributed by atoms with Gasteiger partial charge in [-0.15, -0.1) is 0 Å². The normalized spacial score (nSPS) is 11.5. The van der Waals surface area contributed by atoms with Gasteiger partial charge in [0.05, 0.1) is 8.07 Å². The van der Waals surface area contributed by atoms with E-state index in [0.717, 1.165) is 6.54 Å². The van der Waals surface area contributed by atoms with Crippen LogP contribution in [0.4, 0.5) is 0 Å². The number of carbonyl (C=O) groups excluding carboxylic acids is 1. The lowest BCUT2D eigenvalue weighted by molar-refractivity contribution is -0.117. The van der Waals surface area contributed by atoms with E-state index in [1.54, 1.807) is 0 Å². The van der Waals surface area contributed by atoms with Crippen molar-refractivity contribution in [2.75, 3.05) is 6.54 Å². The van der Waals surface area contributed by atoms with Crippen LogP contribution in [0.25, 0.3) is 0 Å². The zero-order chi connectivity index (χ0) is 12.9. The molecule has 4 heteroatoms. The van der Waals surface area contributed by atoms with E-state index >= 15 is 0 Å². The summed E-state index contributed by atoms with van der Waals surface area (Å²) in [4.78, 5) is 10.6. The van der Waals surface area contributed by atoms with Crippen LogP contribution < -0.4 is 16.2 Å². The molecule has 0 heterocycles. The first kappa shape index (κ1) is 13.9. The number of rotatable bonds is 6.